The molecule has 2 aromatic carbocycles. The van der Waals surface area contributed by atoms with E-state index in [2.05, 4.69) is 61.5 Å². The third-order valence-electron chi connectivity index (χ3n) is 5.86. The summed E-state index contributed by atoms with van der Waals surface area (Å²) in [5, 5.41) is 0. The molecule has 1 heteroatoms. The lowest BCUT2D eigenvalue weighted by molar-refractivity contribution is 0.296. The minimum Gasteiger partial charge on any atom is -0.0933 e. The quantitative estimate of drug-likeness (QED) is 0.468. The van der Waals surface area contributed by atoms with E-state index in [1.807, 2.05) is 0 Å². The van der Waals surface area contributed by atoms with Crippen LogP contribution in [0.15, 0.2) is 60.1 Å². The van der Waals surface area contributed by atoms with Crippen molar-refractivity contribution in [1.29, 1.82) is 0 Å². The lowest BCUT2D eigenvalue weighted by Gasteiger charge is -2.26. The van der Waals surface area contributed by atoms with Gasteiger partial charge in [-0.15, -0.1) is 0 Å². The van der Waals surface area contributed by atoms with Crippen molar-refractivity contribution in [2.24, 2.45) is 11.8 Å². The molecule has 0 aliphatic heterocycles. The van der Waals surface area contributed by atoms with Crippen LogP contribution in [-0.2, 0) is 12.8 Å². The van der Waals surface area contributed by atoms with Gasteiger partial charge in [-0.25, -0.2) is 0 Å². The molecule has 0 saturated heterocycles. The van der Waals surface area contributed by atoms with Crippen molar-refractivity contribution < 1.29 is 0 Å². The Hall–Kier alpha value is -1.53. The van der Waals surface area contributed by atoms with Gasteiger partial charge in [0, 0.05) is 5.54 Å². The Bertz CT molecular complexity index is 673. The Kier molecular flexibility index (Phi) is 7.38. The Labute approximate surface area is 164 Å². The predicted octanol–water partition coefficient (Wildman–Crippen LogP) is 7.80. The Morgan fingerprint density at radius 1 is 0.808 bits per heavy atom. The van der Waals surface area contributed by atoms with Crippen molar-refractivity contribution in [3.05, 3.63) is 71.3 Å². The van der Waals surface area contributed by atoms with Crippen LogP contribution in [0.1, 0.15) is 56.6 Å². The molecule has 0 heterocycles. The summed E-state index contributed by atoms with van der Waals surface area (Å²) < 4.78 is 0. The molecule has 0 amide bonds. The number of aryl methyl sites for hydroxylation is 2. The molecule has 2 aromatic rings. The first-order valence-electron chi connectivity index (χ1n) is 10.2. The number of hydrogen-bond acceptors (Lipinski definition) is 0. The molecule has 1 aliphatic rings. The number of halogens is 1. The highest BCUT2D eigenvalue weighted by Crippen LogP contribution is 2.32. The van der Waals surface area contributed by atoms with Crippen LogP contribution in [0.25, 0.3) is 11.1 Å². The van der Waals surface area contributed by atoms with Crippen LogP contribution in [0.5, 0.6) is 0 Å². The fourth-order valence-electron chi connectivity index (χ4n) is 4.16. The molecule has 0 N–H and O–H groups in total. The SMILES string of the molecule is CCCc1ccc(-c2ccc(CC[C@H]3CC[C@H](/C=C/Cl)CC3)cc2)cc1. The van der Waals surface area contributed by atoms with E-state index in [0.29, 0.717) is 5.92 Å². The summed E-state index contributed by atoms with van der Waals surface area (Å²) in [6, 6.07) is 18.2. The van der Waals surface area contributed by atoms with Crippen LogP contribution in [0.3, 0.4) is 0 Å². The number of benzene rings is 2. The van der Waals surface area contributed by atoms with Crippen molar-refractivity contribution in [2.45, 2.75) is 58.3 Å². The number of rotatable bonds is 7. The second kappa shape index (κ2) is 9.97. The summed E-state index contributed by atoms with van der Waals surface area (Å²) >= 11 is 5.71. The van der Waals surface area contributed by atoms with Crippen LogP contribution in [-0.4, -0.2) is 0 Å². The fourth-order valence-corrected chi connectivity index (χ4v) is 4.37. The minimum absolute atomic E-state index is 0.715. The van der Waals surface area contributed by atoms with Gasteiger partial charge >= 0.3 is 0 Å². The molecule has 138 valence electrons. The van der Waals surface area contributed by atoms with E-state index in [1.165, 1.54) is 73.6 Å². The first-order valence-corrected chi connectivity index (χ1v) is 10.7. The Morgan fingerprint density at radius 3 is 1.85 bits per heavy atom. The van der Waals surface area contributed by atoms with E-state index in [0.717, 1.165) is 5.92 Å². The molecule has 0 nitrogen and oxygen atoms in total. The molecule has 0 unspecified atom stereocenters. The zero-order chi connectivity index (χ0) is 18.2. The van der Waals surface area contributed by atoms with E-state index in [-0.39, 0.29) is 0 Å². The average molecular weight is 367 g/mol. The van der Waals surface area contributed by atoms with Gasteiger partial charge in [-0.05, 0) is 79.0 Å². The first kappa shape index (κ1) is 19.2. The molecule has 1 saturated carbocycles. The van der Waals surface area contributed by atoms with Gasteiger partial charge in [0.25, 0.3) is 0 Å². The van der Waals surface area contributed by atoms with Gasteiger partial charge in [-0.1, -0.05) is 79.6 Å². The molecule has 3 rings (SSSR count). The van der Waals surface area contributed by atoms with Crippen molar-refractivity contribution in [1.82, 2.24) is 0 Å². The maximum Gasteiger partial charge on any atom is 0.000525 e. The van der Waals surface area contributed by atoms with Crippen molar-refractivity contribution in [2.75, 3.05) is 0 Å². The predicted molar refractivity (Wildman–Crippen MR) is 115 cm³/mol. The zero-order valence-corrected chi connectivity index (χ0v) is 16.7. The minimum atomic E-state index is 0.715. The van der Waals surface area contributed by atoms with Gasteiger partial charge < -0.3 is 0 Å². The molecule has 0 spiro atoms. The molecular formula is C25H31Cl. The van der Waals surface area contributed by atoms with E-state index >= 15 is 0 Å². The van der Waals surface area contributed by atoms with Gasteiger partial charge in [0.1, 0.15) is 0 Å². The van der Waals surface area contributed by atoms with Gasteiger partial charge in [0.05, 0.1) is 0 Å². The van der Waals surface area contributed by atoms with E-state index in [1.54, 1.807) is 5.54 Å². The van der Waals surface area contributed by atoms with Crippen LogP contribution in [0, 0.1) is 11.8 Å². The molecule has 0 aromatic heterocycles. The standard InChI is InChI=1S/C25H31Cl/c1-2-3-20-10-14-24(15-11-20)25-16-12-22(13-17-25)5-4-21-6-8-23(9-7-21)18-19-26/h10-19,21,23H,2-9H2,1H3/b19-18+/t21-,23-. The smallest absolute Gasteiger partial charge is 0.000525 e. The Balaban J connectivity index is 1.50. The molecule has 0 atom stereocenters. The number of hydrogen-bond donors (Lipinski definition) is 0. The molecule has 26 heavy (non-hydrogen) atoms. The molecule has 0 bridgehead atoms. The topological polar surface area (TPSA) is 0 Å². The van der Waals surface area contributed by atoms with Gasteiger partial charge in [0.15, 0.2) is 0 Å². The normalized spacial score (nSPS) is 20.5. The highest BCUT2D eigenvalue weighted by Gasteiger charge is 2.19. The van der Waals surface area contributed by atoms with E-state index in [9.17, 15) is 0 Å². The van der Waals surface area contributed by atoms with Crippen molar-refractivity contribution in [3.8, 4) is 11.1 Å². The summed E-state index contributed by atoms with van der Waals surface area (Å²) in [7, 11) is 0. The largest absolute Gasteiger partial charge is 0.0933 e. The third-order valence-corrected chi connectivity index (χ3v) is 6.00. The summed E-state index contributed by atoms with van der Waals surface area (Å²) in [6.45, 7) is 2.23. The highest BCUT2D eigenvalue weighted by atomic mass is 35.5. The fraction of sp³-hybridized carbons (Fsp3) is 0.440. The van der Waals surface area contributed by atoms with Crippen LogP contribution >= 0.6 is 11.6 Å². The van der Waals surface area contributed by atoms with E-state index < -0.39 is 0 Å². The third kappa shape index (κ3) is 5.48. The van der Waals surface area contributed by atoms with Gasteiger partial charge in [0.2, 0.25) is 0 Å². The van der Waals surface area contributed by atoms with Crippen LogP contribution < -0.4 is 0 Å². The summed E-state index contributed by atoms with van der Waals surface area (Å²) in [5.74, 6) is 1.60. The average Bonchev–Trinajstić information content (AvgIpc) is 2.69. The summed E-state index contributed by atoms with van der Waals surface area (Å²) in [5.41, 5.74) is 7.25. The lowest BCUT2D eigenvalue weighted by Crippen LogP contribution is -2.13. The van der Waals surface area contributed by atoms with Gasteiger partial charge in [-0.3, -0.25) is 0 Å². The highest BCUT2D eigenvalue weighted by molar-refractivity contribution is 6.25. The van der Waals surface area contributed by atoms with Crippen molar-refractivity contribution >= 4 is 11.6 Å². The van der Waals surface area contributed by atoms with Crippen molar-refractivity contribution in [3.63, 3.8) is 0 Å². The van der Waals surface area contributed by atoms with Crippen LogP contribution in [0.2, 0.25) is 0 Å². The lowest BCUT2D eigenvalue weighted by atomic mass is 9.79. The first-order chi connectivity index (χ1) is 12.8. The molecule has 0 radical (unpaired) electrons. The zero-order valence-electron chi connectivity index (χ0n) is 16.0. The number of allylic oxidation sites excluding steroid dienone is 1. The van der Waals surface area contributed by atoms with Gasteiger partial charge in [-0.2, -0.15) is 0 Å². The molecule has 1 fully saturated rings. The van der Waals surface area contributed by atoms with E-state index in [4.69, 9.17) is 11.6 Å². The monoisotopic (exact) mass is 366 g/mol. The molecular weight excluding hydrogens is 336 g/mol. The summed E-state index contributed by atoms with van der Waals surface area (Å²) in [4.78, 5) is 0. The summed E-state index contributed by atoms with van der Waals surface area (Å²) in [6.07, 6.45) is 12.4. The maximum atomic E-state index is 5.71. The maximum absolute atomic E-state index is 5.71. The second-order valence-corrected chi connectivity index (χ2v) is 8.03. The van der Waals surface area contributed by atoms with Crippen LogP contribution in [0.4, 0.5) is 0 Å². The molecule has 1 aliphatic carbocycles. The Morgan fingerprint density at radius 2 is 1.35 bits per heavy atom. The second-order valence-electron chi connectivity index (χ2n) is 7.78.